The number of alkyl halides is 3. The number of rotatable bonds is 4. The van der Waals surface area contributed by atoms with E-state index in [0.29, 0.717) is 22.4 Å². The predicted molar refractivity (Wildman–Crippen MR) is 82.5 cm³/mol. The maximum absolute atomic E-state index is 12.7. The van der Waals surface area contributed by atoms with E-state index in [9.17, 15) is 13.2 Å². The van der Waals surface area contributed by atoms with Crippen molar-refractivity contribution in [3.63, 3.8) is 0 Å². The van der Waals surface area contributed by atoms with Crippen molar-refractivity contribution in [3.05, 3.63) is 53.3 Å². The highest BCUT2D eigenvalue weighted by Crippen LogP contribution is 2.33. The van der Waals surface area contributed by atoms with Gasteiger partial charge in [-0.3, -0.25) is 0 Å². The van der Waals surface area contributed by atoms with Gasteiger partial charge in [0, 0.05) is 4.90 Å². The quantitative estimate of drug-likeness (QED) is 0.598. The molecule has 0 bridgehead atoms. The SMILES string of the molecule is Cc1cc(-c2nnc(CSc3cccc(C(F)(F)F)c3)o2)c(C)o1. The Labute approximate surface area is 140 Å². The molecule has 0 aliphatic carbocycles. The Morgan fingerprint density at radius 1 is 1.08 bits per heavy atom. The summed E-state index contributed by atoms with van der Waals surface area (Å²) in [7, 11) is 0. The second kappa shape index (κ2) is 6.35. The van der Waals surface area contributed by atoms with Gasteiger partial charge in [-0.2, -0.15) is 13.2 Å². The van der Waals surface area contributed by atoms with Gasteiger partial charge < -0.3 is 8.83 Å². The minimum absolute atomic E-state index is 0.282. The molecule has 0 amide bonds. The van der Waals surface area contributed by atoms with E-state index in [0.717, 1.165) is 23.5 Å². The van der Waals surface area contributed by atoms with E-state index in [2.05, 4.69) is 10.2 Å². The predicted octanol–water partition coefficient (Wildman–Crippen LogP) is 5.26. The molecule has 8 heteroatoms. The topological polar surface area (TPSA) is 52.1 Å². The van der Waals surface area contributed by atoms with Crippen LogP contribution in [0.5, 0.6) is 0 Å². The van der Waals surface area contributed by atoms with Crippen LogP contribution in [0, 0.1) is 13.8 Å². The van der Waals surface area contributed by atoms with E-state index in [1.165, 1.54) is 17.8 Å². The van der Waals surface area contributed by atoms with Crippen molar-refractivity contribution in [2.75, 3.05) is 0 Å². The molecule has 3 rings (SSSR count). The summed E-state index contributed by atoms with van der Waals surface area (Å²) in [5.41, 5.74) is 0.0403. The highest BCUT2D eigenvalue weighted by atomic mass is 32.2. The van der Waals surface area contributed by atoms with Crippen LogP contribution in [0.3, 0.4) is 0 Å². The lowest BCUT2D eigenvalue weighted by molar-refractivity contribution is -0.137. The Bertz CT molecular complexity index is 855. The zero-order valence-electron chi connectivity index (χ0n) is 12.8. The van der Waals surface area contributed by atoms with Crippen molar-refractivity contribution in [1.82, 2.24) is 10.2 Å². The Balaban J connectivity index is 1.71. The Morgan fingerprint density at radius 3 is 2.54 bits per heavy atom. The Hall–Kier alpha value is -2.22. The molecule has 1 aromatic carbocycles. The van der Waals surface area contributed by atoms with Crippen LogP contribution in [-0.2, 0) is 11.9 Å². The zero-order chi connectivity index (χ0) is 17.3. The lowest BCUT2D eigenvalue weighted by Crippen LogP contribution is -2.04. The molecule has 0 aliphatic rings. The summed E-state index contributed by atoms with van der Waals surface area (Å²) < 4.78 is 49.1. The summed E-state index contributed by atoms with van der Waals surface area (Å²) >= 11 is 1.20. The summed E-state index contributed by atoms with van der Waals surface area (Å²) in [6, 6.07) is 6.93. The van der Waals surface area contributed by atoms with Gasteiger partial charge in [0.2, 0.25) is 5.89 Å². The van der Waals surface area contributed by atoms with Crippen molar-refractivity contribution < 1.29 is 22.0 Å². The molecule has 24 heavy (non-hydrogen) atoms. The normalized spacial score (nSPS) is 11.9. The summed E-state index contributed by atoms with van der Waals surface area (Å²) in [4.78, 5) is 0.486. The Morgan fingerprint density at radius 2 is 1.88 bits per heavy atom. The number of nitrogens with zero attached hydrogens (tertiary/aromatic N) is 2. The van der Waals surface area contributed by atoms with Gasteiger partial charge in [-0.1, -0.05) is 6.07 Å². The highest BCUT2D eigenvalue weighted by Gasteiger charge is 2.30. The van der Waals surface area contributed by atoms with E-state index in [1.807, 2.05) is 6.92 Å². The van der Waals surface area contributed by atoms with Gasteiger partial charge in [-0.25, -0.2) is 0 Å². The van der Waals surface area contributed by atoms with Crippen LogP contribution in [0.15, 0.2) is 44.1 Å². The van der Waals surface area contributed by atoms with Crippen LogP contribution >= 0.6 is 11.8 Å². The summed E-state index contributed by atoms with van der Waals surface area (Å²) in [5, 5.41) is 7.89. The Kier molecular flexibility index (Phi) is 4.40. The van der Waals surface area contributed by atoms with Crippen LogP contribution in [0.2, 0.25) is 0 Å². The van der Waals surface area contributed by atoms with E-state index in [4.69, 9.17) is 8.83 Å². The fraction of sp³-hybridized carbons (Fsp3) is 0.250. The molecule has 2 heterocycles. The molecule has 4 nitrogen and oxygen atoms in total. The smallest absolute Gasteiger partial charge is 0.416 e. The highest BCUT2D eigenvalue weighted by molar-refractivity contribution is 7.98. The van der Waals surface area contributed by atoms with Crippen LogP contribution in [0.25, 0.3) is 11.5 Å². The first kappa shape index (κ1) is 16.6. The molecule has 0 saturated carbocycles. The van der Waals surface area contributed by atoms with Crippen LogP contribution in [0.1, 0.15) is 23.0 Å². The number of halogens is 3. The van der Waals surface area contributed by atoms with Crippen molar-refractivity contribution in [2.45, 2.75) is 30.7 Å². The monoisotopic (exact) mass is 354 g/mol. The maximum Gasteiger partial charge on any atom is 0.416 e. The lowest BCUT2D eigenvalue weighted by atomic mass is 10.2. The van der Waals surface area contributed by atoms with Crippen molar-refractivity contribution in [3.8, 4) is 11.5 Å². The van der Waals surface area contributed by atoms with Crippen molar-refractivity contribution >= 4 is 11.8 Å². The van der Waals surface area contributed by atoms with Gasteiger partial charge in [-0.05, 0) is 38.1 Å². The van der Waals surface area contributed by atoms with Gasteiger partial charge >= 0.3 is 6.18 Å². The third kappa shape index (κ3) is 3.64. The average Bonchev–Trinajstić information content (AvgIpc) is 3.11. The van der Waals surface area contributed by atoms with Crippen LogP contribution < -0.4 is 0 Å². The number of benzene rings is 1. The number of aryl methyl sites for hydroxylation is 2. The molecule has 0 N–H and O–H groups in total. The first-order valence-electron chi connectivity index (χ1n) is 7.03. The van der Waals surface area contributed by atoms with Gasteiger partial charge in [-0.15, -0.1) is 22.0 Å². The van der Waals surface area contributed by atoms with E-state index in [1.54, 1.807) is 19.1 Å². The molecule has 0 aliphatic heterocycles. The molecule has 0 radical (unpaired) electrons. The van der Waals surface area contributed by atoms with Crippen molar-refractivity contribution in [2.24, 2.45) is 0 Å². The molecule has 0 atom stereocenters. The molecule has 2 aromatic heterocycles. The molecular formula is C16H13F3N2O2S. The summed E-state index contributed by atoms with van der Waals surface area (Å²) in [6.45, 7) is 3.61. The first-order valence-corrected chi connectivity index (χ1v) is 8.01. The molecule has 0 unspecified atom stereocenters. The molecular weight excluding hydrogens is 341 g/mol. The van der Waals surface area contributed by atoms with Gasteiger partial charge in [0.25, 0.3) is 5.89 Å². The van der Waals surface area contributed by atoms with E-state index < -0.39 is 11.7 Å². The van der Waals surface area contributed by atoms with Gasteiger partial charge in [0.05, 0.1) is 16.9 Å². The molecule has 3 aromatic rings. The molecule has 0 saturated heterocycles. The number of aromatic nitrogens is 2. The second-order valence-corrected chi connectivity index (χ2v) is 6.19. The summed E-state index contributed by atoms with van der Waals surface area (Å²) in [5.74, 6) is 2.37. The zero-order valence-corrected chi connectivity index (χ0v) is 13.7. The largest absolute Gasteiger partial charge is 0.466 e. The van der Waals surface area contributed by atoms with Gasteiger partial charge in [0.15, 0.2) is 0 Å². The molecule has 126 valence electrons. The minimum Gasteiger partial charge on any atom is -0.466 e. The average molecular weight is 354 g/mol. The lowest BCUT2D eigenvalue weighted by Gasteiger charge is -2.07. The van der Waals surface area contributed by atoms with E-state index in [-0.39, 0.29) is 5.75 Å². The fourth-order valence-electron chi connectivity index (χ4n) is 2.17. The van der Waals surface area contributed by atoms with Crippen LogP contribution in [-0.4, -0.2) is 10.2 Å². The molecule has 0 spiro atoms. The number of furan rings is 1. The maximum atomic E-state index is 12.7. The number of thioether (sulfide) groups is 1. The van der Waals surface area contributed by atoms with Crippen LogP contribution in [0.4, 0.5) is 13.2 Å². The van der Waals surface area contributed by atoms with E-state index >= 15 is 0 Å². The standard InChI is InChI=1S/C16H13F3N2O2S/c1-9-6-13(10(2)22-9)15-21-20-14(23-15)8-24-12-5-3-4-11(7-12)16(17,18)19/h3-7H,8H2,1-2H3. The third-order valence-corrected chi connectivity index (χ3v) is 4.24. The fourth-order valence-corrected chi connectivity index (χ4v) is 2.96. The number of hydrogen-bond donors (Lipinski definition) is 0. The molecule has 0 fully saturated rings. The second-order valence-electron chi connectivity index (χ2n) is 5.14. The third-order valence-electron chi connectivity index (χ3n) is 3.26. The van der Waals surface area contributed by atoms with Crippen molar-refractivity contribution in [1.29, 1.82) is 0 Å². The minimum atomic E-state index is -4.36. The summed E-state index contributed by atoms with van der Waals surface area (Å²) in [6.07, 6.45) is -4.36. The van der Waals surface area contributed by atoms with Gasteiger partial charge in [0.1, 0.15) is 11.5 Å². The number of hydrogen-bond acceptors (Lipinski definition) is 5. The first-order chi connectivity index (χ1) is 11.3.